The average molecular weight is 1040 g/mol. The second-order valence-corrected chi connectivity index (χ2v) is 19.6. The van der Waals surface area contributed by atoms with Crippen LogP contribution in [0.25, 0.3) is 0 Å². The van der Waals surface area contributed by atoms with Crippen molar-refractivity contribution in [3.05, 3.63) is 185 Å². The van der Waals surface area contributed by atoms with E-state index in [1.54, 1.807) is 87.7 Å². The van der Waals surface area contributed by atoms with Crippen LogP contribution in [-0.4, -0.2) is 106 Å². The van der Waals surface area contributed by atoms with Crippen LogP contribution in [0, 0.1) is 23.7 Å². The van der Waals surface area contributed by atoms with Gasteiger partial charge < -0.3 is 44.3 Å². The maximum absolute atomic E-state index is 16.9. The average Bonchev–Trinajstić information content (AvgIpc) is 2.92. The summed E-state index contributed by atoms with van der Waals surface area (Å²) in [6, 6.07) is 39.6. The van der Waals surface area contributed by atoms with Gasteiger partial charge in [0.05, 0.1) is 57.7 Å². The normalized spacial score (nSPS) is 22.0. The summed E-state index contributed by atoms with van der Waals surface area (Å²) in [4.78, 5) is 82.4. The molecule has 394 valence electrons. The number of ether oxygens (including phenoxy) is 5. The van der Waals surface area contributed by atoms with Crippen LogP contribution in [-0.2, 0) is 38.8 Å². The minimum Gasteiger partial charge on any atom is -0.497 e. The molecule has 0 aromatic heterocycles. The second kappa shape index (κ2) is 22.4. The van der Waals surface area contributed by atoms with Crippen LogP contribution in [0.15, 0.2) is 152 Å². The van der Waals surface area contributed by atoms with Crippen molar-refractivity contribution in [3.8, 4) is 23.3 Å². The molecule has 0 unspecified atom stereocenters. The van der Waals surface area contributed by atoms with Crippen LogP contribution in [0.3, 0.4) is 0 Å². The number of esters is 2. The molecule has 4 aliphatic rings. The summed E-state index contributed by atoms with van der Waals surface area (Å²) in [5.74, 6) is 2.41. The third-order valence-corrected chi connectivity index (χ3v) is 14.9. The van der Waals surface area contributed by atoms with Gasteiger partial charge in [0.2, 0.25) is 11.8 Å². The number of methoxy groups -OCH3 is 2. The molecule has 7 atom stereocenters. The van der Waals surface area contributed by atoms with Gasteiger partial charge in [-0.3, -0.25) is 19.3 Å². The van der Waals surface area contributed by atoms with Crippen LogP contribution in [0.4, 0.5) is 21.9 Å². The van der Waals surface area contributed by atoms with E-state index >= 15 is 19.2 Å². The third kappa shape index (κ3) is 9.85. The smallest absolute Gasteiger partial charge is 0.329 e. The van der Waals surface area contributed by atoms with Crippen molar-refractivity contribution in [2.75, 3.05) is 68.9 Å². The Bertz CT molecular complexity index is 3190. The van der Waals surface area contributed by atoms with Crippen molar-refractivity contribution in [2.45, 2.75) is 49.5 Å². The molecule has 16 nitrogen and oxygen atoms in total. The molecule has 6 aromatic rings. The fourth-order valence-electron chi connectivity index (χ4n) is 11.3. The van der Waals surface area contributed by atoms with E-state index in [-0.39, 0.29) is 24.5 Å². The number of imide groups is 1. The van der Waals surface area contributed by atoms with Gasteiger partial charge in [0.15, 0.2) is 0 Å². The van der Waals surface area contributed by atoms with Gasteiger partial charge in [0.25, 0.3) is 0 Å². The number of benzene rings is 6. The molecule has 0 saturated carbocycles. The van der Waals surface area contributed by atoms with Gasteiger partial charge >= 0.3 is 18.0 Å². The fourth-order valence-corrected chi connectivity index (χ4v) is 11.3. The minimum atomic E-state index is -2.14. The fraction of sp³-hybridized carbons (Fsp3) is 0.295. The third-order valence-electron chi connectivity index (χ3n) is 14.9. The summed E-state index contributed by atoms with van der Waals surface area (Å²) in [5, 5.41) is 15.6. The number of fused-ring (bicyclic) bond motifs is 3. The lowest BCUT2D eigenvalue weighted by Gasteiger charge is -2.46. The summed E-state index contributed by atoms with van der Waals surface area (Å²) in [7, 11) is 2.79. The number of urea groups is 1. The Morgan fingerprint density at radius 1 is 0.753 bits per heavy atom. The number of aliphatic hydroxyl groups excluding tert-OH is 1. The highest BCUT2D eigenvalue weighted by Crippen LogP contribution is 2.66. The molecule has 1 spiro atoms. The molecule has 4 aliphatic heterocycles. The molecule has 10 rings (SSSR count). The molecule has 0 aliphatic carbocycles. The van der Waals surface area contributed by atoms with E-state index in [0.29, 0.717) is 65.7 Å². The van der Waals surface area contributed by atoms with E-state index in [2.05, 4.69) is 27.4 Å². The zero-order chi connectivity index (χ0) is 53.8. The van der Waals surface area contributed by atoms with Gasteiger partial charge in [0.1, 0.15) is 41.7 Å². The molecule has 0 radical (unpaired) electrons. The standard InChI is InChI=1S/C61H59N5O11/c1-38(2)51(57(69)74-4)63-60(72)65-49-30-19-40(16-15-39-17-26-46(73-3)27-18-39)37-48(49)61(59(65)71)50(56(68)62-44-22-24-45(25-23-44)64-31-34-75-35-32-64)53-58(70)77-54(42-13-9-6-10-14-42)52(41-11-7-5-8-12-41)66(53)55(61)43-20-28-47(29-21-43)76-36-33-67/h5-14,17-30,37-38,50-55,67H,31-36H2,1-4H3,(H,62,68)(H,63,72)/t50-,51+,52-,53-,54+,55+,61-/m1/s1. The Balaban J connectivity index is 1.24. The first-order valence-electron chi connectivity index (χ1n) is 25.6. The maximum atomic E-state index is 16.9. The highest BCUT2D eigenvalue weighted by Gasteiger charge is 2.75. The van der Waals surface area contributed by atoms with Gasteiger partial charge in [-0.05, 0) is 107 Å². The maximum Gasteiger partial charge on any atom is 0.329 e. The Hall–Kier alpha value is -8.49. The zero-order valence-corrected chi connectivity index (χ0v) is 43.1. The number of aliphatic hydroxyl groups is 1. The minimum absolute atomic E-state index is 0.0104. The molecule has 3 saturated heterocycles. The predicted octanol–water partition coefficient (Wildman–Crippen LogP) is 7.51. The van der Waals surface area contributed by atoms with Gasteiger partial charge in [0, 0.05) is 35.6 Å². The zero-order valence-electron chi connectivity index (χ0n) is 43.1. The van der Waals surface area contributed by atoms with Crippen LogP contribution in [0.5, 0.6) is 11.5 Å². The molecule has 77 heavy (non-hydrogen) atoms. The van der Waals surface area contributed by atoms with E-state index in [0.717, 1.165) is 16.2 Å². The van der Waals surface area contributed by atoms with Crippen LogP contribution >= 0.6 is 0 Å². The number of hydrogen-bond donors (Lipinski definition) is 3. The Labute approximate surface area is 446 Å². The quantitative estimate of drug-likeness (QED) is 0.0763. The first-order chi connectivity index (χ1) is 37.5. The van der Waals surface area contributed by atoms with Crippen LogP contribution in [0.2, 0.25) is 0 Å². The SMILES string of the molecule is COC(=O)[C@@H](NC(=O)N1C(=O)[C@@]2(c3cc(C#Cc4ccc(OC)cc4)ccc31)[C@H](c1ccc(OCCO)cc1)N1[C@H](c3ccccc3)[C@H](c3ccccc3)OC(=O)[C@H]1[C@@H]2C(=O)Nc1ccc(N2CCOCC2)cc1)C(C)C. The molecular weight excluding hydrogens is 979 g/mol. The van der Waals surface area contributed by atoms with E-state index in [9.17, 15) is 9.90 Å². The van der Waals surface area contributed by atoms with Crippen molar-refractivity contribution in [1.82, 2.24) is 10.2 Å². The molecule has 3 N–H and O–H groups in total. The second-order valence-electron chi connectivity index (χ2n) is 19.6. The van der Waals surface area contributed by atoms with Crippen LogP contribution in [0.1, 0.15) is 65.4 Å². The highest BCUT2D eigenvalue weighted by atomic mass is 16.6. The number of cyclic esters (lactones) is 1. The van der Waals surface area contributed by atoms with Gasteiger partial charge in [-0.25, -0.2) is 14.5 Å². The predicted molar refractivity (Wildman–Crippen MR) is 287 cm³/mol. The largest absolute Gasteiger partial charge is 0.497 e. The van der Waals surface area contributed by atoms with Crippen molar-refractivity contribution in [3.63, 3.8) is 0 Å². The number of amides is 4. The van der Waals surface area contributed by atoms with Gasteiger partial charge in [-0.15, -0.1) is 0 Å². The molecule has 3 fully saturated rings. The highest BCUT2D eigenvalue weighted by molar-refractivity contribution is 6.25. The number of nitrogens with one attached hydrogen (secondary N) is 2. The molecule has 0 bridgehead atoms. The number of carbonyl (C=O) groups is 5. The molecule has 16 heteroatoms. The first kappa shape index (κ1) is 52.0. The number of morpholine rings is 2. The van der Waals surface area contributed by atoms with Gasteiger partial charge in [-0.2, -0.15) is 0 Å². The van der Waals surface area contributed by atoms with Crippen molar-refractivity contribution in [1.29, 1.82) is 0 Å². The number of rotatable bonds is 13. The molecule has 4 heterocycles. The number of carbonyl (C=O) groups excluding carboxylic acids is 5. The Morgan fingerprint density at radius 3 is 2.03 bits per heavy atom. The number of nitrogens with zero attached hydrogens (tertiary/aromatic N) is 3. The molecular formula is C61H59N5O11. The van der Waals surface area contributed by atoms with E-state index in [1.165, 1.54) is 7.11 Å². The monoisotopic (exact) mass is 1040 g/mol. The summed E-state index contributed by atoms with van der Waals surface area (Å²) >= 11 is 0. The summed E-state index contributed by atoms with van der Waals surface area (Å²) < 4.78 is 28.6. The van der Waals surface area contributed by atoms with Crippen LogP contribution < -0.4 is 29.9 Å². The summed E-state index contributed by atoms with van der Waals surface area (Å²) in [5.41, 5.74) is 2.49. The Kier molecular flexibility index (Phi) is 15.1. The summed E-state index contributed by atoms with van der Waals surface area (Å²) in [6.07, 6.45) is -0.965. The Morgan fingerprint density at radius 2 is 1.39 bits per heavy atom. The molecule has 4 amide bonds. The van der Waals surface area contributed by atoms with E-state index in [1.807, 2.05) is 89.8 Å². The lowest BCUT2D eigenvalue weighted by atomic mass is 9.65. The van der Waals surface area contributed by atoms with Crippen molar-refractivity contribution in [2.24, 2.45) is 11.8 Å². The first-order valence-corrected chi connectivity index (χ1v) is 25.6. The molecule has 6 aromatic carbocycles. The number of anilines is 3. The van der Waals surface area contributed by atoms with Crippen molar-refractivity contribution < 1.29 is 52.8 Å². The van der Waals surface area contributed by atoms with E-state index < -0.39 is 77.3 Å². The van der Waals surface area contributed by atoms with Crippen molar-refractivity contribution >= 4 is 46.8 Å². The lowest BCUT2D eigenvalue weighted by molar-refractivity contribution is -0.177. The van der Waals surface area contributed by atoms with Gasteiger partial charge in [-0.1, -0.05) is 98.5 Å². The topological polar surface area (TPSA) is 186 Å². The van der Waals surface area contributed by atoms with E-state index in [4.69, 9.17) is 23.7 Å². The number of hydrogen-bond acceptors (Lipinski definition) is 13. The lowest BCUT2D eigenvalue weighted by Crippen LogP contribution is -2.57. The summed E-state index contributed by atoms with van der Waals surface area (Å²) in [6.45, 7) is 5.77.